The van der Waals surface area contributed by atoms with Gasteiger partial charge in [0.15, 0.2) is 0 Å². The first-order valence-electron chi connectivity index (χ1n) is 9.22. The number of halogens is 3. The van der Waals surface area contributed by atoms with Crippen LogP contribution in [0.1, 0.15) is 28.8 Å². The molecular formula is C21H21Cl3N2O3. The van der Waals surface area contributed by atoms with Gasteiger partial charge in [-0.05, 0) is 61.8 Å². The van der Waals surface area contributed by atoms with Gasteiger partial charge in [-0.3, -0.25) is 9.69 Å². The number of nitrogens with zero attached hydrogens (tertiary/aromatic N) is 1. The Morgan fingerprint density at radius 3 is 2.38 bits per heavy atom. The van der Waals surface area contributed by atoms with Crippen molar-refractivity contribution in [3.63, 3.8) is 0 Å². The Morgan fingerprint density at radius 2 is 1.72 bits per heavy atom. The van der Waals surface area contributed by atoms with E-state index >= 15 is 0 Å². The van der Waals surface area contributed by atoms with Crippen LogP contribution in [0.15, 0.2) is 36.4 Å². The summed E-state index contributed by atoms with van der Waals surface area (Å²) < 4.78 is 4.71. The van der Waals surface area contributed by atoms with E-state index in [4.69, 9.17) is 39.5 Å². The molecule has 1 heterocycles. The Morgan fingerprint density at radius 1 is 1.03 bits per heavy atom. The molecule has 29 heavy (non-hydrogen) atoms. The van der Waals surface area contributed by atoms with Gasteiger partial charge in [0.05, 0.1) is 27.7 Å². The first kappa shape index (κ1) is 21.9. The van der Waals surface area contributed by atoms with Crippen LogP contribution in [0.4, 0.5) is 5.69 Å². The molecule has 8 heteroatoms. The summed E-state index contributed by atoms with van der Waals surface area (Å²) in [6.45, 7) is 2.39. The van der Waals surface area contributed by atoms with E-state index in [1.54, 1.807) is 18.2 Å². The summed E-state index contributed by atoms with van der Waals surface area (Å²) in [4.78, 5) is 26.7. The van der Waals surface area contributed by atoms with Crippen molar-refractivity contribution in [3.05, 3.63) is 62.6 Å². The molecule has 0 saturated carbocycles. The zero-order valence-corrected chi connectivity index (χ0v) is 18.2. The Hall–Kier alpha value is -1.79. The van der Waals surface area contributed by atoms with E-state index in [-0.39, 0.29) is 22.4 Å². The highest BCUT2D eigenvalue weighted by Gasteiger charge is 2.25. The number of rotatable bonds is 5. The number of piperidine rings is 1. The Kier molecular flexibility index (Phi) is 7.41. The molecular weight excluding hydrogens is 435 g/mol. The number of methoxy groups -OCH3 is 1. The van der Waals surface area contributed by atoms with Gasteiger partial charge in [0, 0.05) is 18.2 Å². The number of anilines is 1. The highest BCUT2D eigenvalue weighted by Crippen LogP contribution is 2.26. The monoisotopic (exact) mass is 454 g/mol. The summed E-state index contributed by atoms with van der Waals surface area (Å²) >= 11 is 18.1. The predicted octanol–water partition coefficient (Wildman–Crippen LogP) is 5.28. The maximum absolute atomic E-state index is 12.6. The minimum absolute atomic E-state index is 0.0580. The fourth-order valence-electron chi connectivity index (χ4n) is 3.36. The fourth-order valence-corrected chi connectivity index (χ4v) is 3.88. The summed E-state index contributed by atoms with van der Waals surface area (Å²) in [6.07, 6.45) is 1.51. The normalized spacial score (nSPS) is 15.2. The predicted molar refractivity (Wildman–Crippen MR) is 116 cm³/mol. The second-order valence-corrected chi connectivity index (χ2v) is 8.20. The number of hydrogen-bond donors (Lipinski definition) is 1. The Bertz CT molecular complexity index is 912. The smallest absolute Gasteiger partial charge is 0.339 e. The molecule has 0 unspecified atom stereocenters. The van der Waals surface area contributed by atoms with Crippen LogP contribution < -0.4 is 5.32 Å². The van der Waals surface area contributed by atoms with Gasteiger partial charge in [-0.15, -0.1) is 0 Å². The zero-order valence-electron chi connectivity index (χ0n) is 15.9. The molecule has 1 aliphatic heterocycles. The molecule has 0 radical (unpaired) electrons. The minimum atomic E-state index is -0.540. The van der Waals surface area contributed by atoms with Crippen molar-refractivity contribution in [2.75, 3.05) is 25.5 Å². The van der Waals surface area contributed by atoms with Gasteiger partial charge < -0.3 is 10.1 Å². The van der Waals surface area contributed by atoms with Gasteiger partial charge in [0.1, 0.15) is 0 Å². The van der Waals surface area contributed by atoms with E-state index in [0.29, 0.717) is 15.7 Å². The van der Waals surface area contributed by atoms with E-state index in [1.165, 1.54) is 13.2 Å². The molecule has 1 N–H and O–H groups in total. The third-order valence-corrected chi connectivity index (χ3v) is 6.06. The first-order chi connectivity index (χ1) is 13.9. The lowest BCUT2D eigenvalue weighted by Gasteiger charge is -2.31. The standard InChI is InChI=1S/C21H21Cl3N2O3/c1-29-21(28)16-11-15(3-5-17(16)22)25-20(27)14-6-8-26(9-7-14)12-13-2-4-18(23)19(24)10-13/h2-5,10-11,14H,6-9,12H2,1H3,(H,25,27). The molecule has 5 nitrogen and oxygen atoms in total. The molecule has 2 aromatic rings. The van der Waals surface area contributed by atoms with E-state index in [2.05, 4.69) is 10.2 Å². The molecule has 0 aromatic heterocycles. The Labute approximate surface area is 184 Å². The number of carbonyl (C=O) groups is 2. The maximum Gasteiger partial charge on any atom is 0.339 e. The molecule has 154 valence electrons. The number of likely N-dealkylation sites (tertiary alicyclic amines) is 1. The fraction of sp³-hybridized carbons (Fsp3) is 0.333. The van der Waals surface area contributed by atoms with Crippen LogP contribution in [0.25, 0.3) is 0 Å². The average Bonchev–Trinajstić information content (AvgIpc) is 2.72. The highest BCUT2D eigenvalue weighted by atomic mass is 35.5. The van der Waals surface area contributed by atoms with E-state index in [0.717, 1.165) is 38.0 Å². The molecule has 0 atom stereocenters. The Balaban J connectivity index is 1.55. The van der Waals surface area contributed by atoms with Crippen molar-refractivity contribution in [3.8, 4) is 0 Å². The lowest BCUT2D eigenvalue weighted by Crippen LogP contribution is -2.37. The molecule has 3 rings (SSSR count). The second-order valence-electron chi connectivity index (χ2n) is 6.97. The minimum Gasteiger partial charge on any atom is -0.465 e. The van der Waals surface area contributed by atoms with Crippen LogP contribution in [0, 0.1) is 5.92 Å². The zero-order chi connectivity index (χ0) is 21.0. The second kappa shape index (κ2) is 9.81. The number of ether oxygens (including phenoxy) is 1. The van der Waals surface area contributed by atoms with Crippen LogP contribution in [-0.4, -0.2) is 37.0 Å². The van der Waals surface area contributed by atoms with Crippen LogP contribution in [0.5, 0.6) is 0 Å². The first-order valence-corrected chi connectivity index (χ1v) is 10.4. The van der Waals surface area contributed by atoms with Crippen LogP contribution in [-0.2, 0) is 16.1 Å². The number of amides is 1. The molecule has 2 aromatic carbocycles. The third kappa shape index (κ3) is 5.64. The van der Waals surface area contributed by atoms with Crippen LogP contribution in [0.3, 0.4) is 0 Å². The SMILES string of the molecule is COC(=O)c1cc(NC(=O)C2CCN(Cc3ccc(Cl)c(Cl)c3)CC2)ccc1Cl. The van der Waals surface area contributed by atoms with Crippen molar-refractivity contribution in [1.82, 2.24) is 4.90 Å². The molecule has 0 spiro atoms. The van der Waals surface area contributed by atoms with Crippen LogP contribution in [0.2, 0.25) is 15.1 Å². The highest BCUT2D eigenvalue weighted by molar-refractivity contribution is 6.42. The van der Waals surface area contributed by atoms with Crippen molar-refractivity contribution in [2.45, 2.75) is 19.4 Å². The molecule has 1 amide bonds. The van der Waals surface area contributed by atoms with E-state index in [9.17, 15) is 9.59 Å². The summed E-state index contributed by atoms with van der Waals surface area (Å²) in [5.74, 6) is -0.684. The molecule has 0 bridgehead atoms. The summed E-state index contributed by atoms with van der Waals surface area (Å²) in [7, 11) is 1.29. The number of benzene rings is 2. The van der Waals surface area contributed by atoms with Gasteiger partial charge in [-0.1, -0.05) is 40.9 Å². The van der Waals surface area contributed by atoms with Gasteiger partial charge in [0.25, 0.3) is 0 Å². The van der Waals surface area contributed by atoms with Crippen molar-refractivity contribution < 1.29 is 14.3 Å². The van der Waals surface area contributed by atoms with Crippen molar-refractivity contribution in [2.24, 2.45) is 5.92 Å². The van der Waals surface area contributed by atoms with E-state index in [1.807, 2.05) is 12.1 Å². The number of carbonyl (C=O) groups excluding carboxylic acids is 2. The topological polar surface area (TPSA) is 58.6 Å². The third-order valence-electron chi connectivity index (χ3n) is 4.99. The quantitative estimate of drug-likeness (QED) is 0.623. The summed E-state index contributed by atoms with van der Waals surface area (Å²) in [5.41, 5.74) is 1.85. The van der Waals surface area contributed by atoms with Crippen molar-refractivity contribution >= 4 is 52.4 Å². The lowest BCUT2D eigenvalue weighted by atomic mass is 9.95. The number of hydrogen-bond acceptors (Lipinski definition) is 4. The number of nitrogens with one attached hydrogen (secondary N) is 1. The van der Waals surface area contributed by atoms with Gasteiger partial charge >= 0.3 is 5.97 Å². The summed E-state index contributed by atoms with van der Waals surface area (Å²) in [5, 5.41) is 4.26. The van der Waals surface area contributed by atoms with Crippen LogP contribution >= 0.6 is 34.8 Å². The van der Waals surface area contributed by atoms with Crippen molar-refractivity contribution in [1.29, 1.82) is 0 Å². The largest absolute Gasteiger partial charge is 0.465 e. The summed E-state index contributed by atoms with van der Waals surface area (Å²) in [6, 6.07) is 10.4. The molecule has 1 aliphatic rings. The number of esters is 1. The molecule has 0 aliphatic carbocycles. The lowest BCUT2D eigenvalue weighted by molar-refractivity contribution is -0.121. The van der Waals surface area contributed by atoms with E-state index < -0.39 is 5.97 Å². The average molecular weight is 456 g/mol. The molecule has 1 fully saturated rings. The molecule has 1 saturated heterocycles. The van der Waals surface area contributed by atoms with Gasteiger partial charge in [-0.2, -0.15) is 0 Å². The maximum atomic E-state index is 12.6. The van der Waals surface area contributed by atoms with Gasteiger partial charge in [0.2, 0.25) is 5.91 Å². The van der Waals surface area contributed by atoms with Gasteiger partial charge in [-0.25, -0.2) is 4.79 Å².